The molecule has 0 aliphatic carbocycles. The Morgan fingerprint density at radius 1 is 1.56 bits per heavy atom. The van der Waals surface area contributed by atoms with E-state index in [0.29, 0.717) is 27.5 Å². The molecular formula is C9H12Cl2N4S. The normalized spacial score (nSPS) is 12.2. The summed E-state index contributed by atoms with van der Waals surface area (Å²) < 4.78 is 0. The smallest absolute Gasteiger partial charge is 0.175 e. The molecule has 1 aromatic heterocycles. The fourth-order valence-corrected chi connectivity index (χ4v) is 1.66. The summed E-state index contributed by atoms with van der Waals surface area (Å²) in [6.07, 6.45) is 0. The summed E-state index contributed by atoms with van der Waals surface area (Å²) in [5, 5.41) is 7.98. The van der Waals surface area contributed by atoms with E-state index in [1.54, 1.807) is 6.07 Å². The zero-order chi connectivity index (χ0) is 12.3. The van der Waals surface area contributed by atoms with E-state index in [9.17, 15) is 0 Å². The van der Waals surface area contributed by atoms with Crippen molar-refractivity contribution in [1.82, 2.24) is 10.2 Å². The zero-order valence-electron chi connectivity index (χ0n) is 8.94. The van der Waals surface area contributed by atoms with E-state index < -0.39 is 0 Å². The van der Waals surface area contributed by atoms with Crippen LogP contribution in [0.3, 0.4) is 0 Å². The van der Waals surface area contributed by atoms with Gasteiger partial charge >= 0.3 is 0 Å². The van der Waals surface area contributed by atoms with Crippen LogP contribution in [-0.4, -0.2) is 28.8 Å². The van der Waals surface area contributed by atoms with E-state index in [4.69, 9.17) is 41.2 Å². The molecule has 0 saturated heterocycles. The lowest BCUT2D eigenvalue weighted by Crippen LogP contribution is -2.31. The lowest BCUT2D eigenvalue weighted by molar-refractivity contribution is 0.740. The largest absolute Gasteiger partial charge is 0.393 e. The molecule has 1 atom stereocenters. The van der Waals surface area contributed by atoms with Gasteiger partial charge in [-0.1, -0.05) is 42.3 Å². The third-order valence-electron chi connectivity index (χ3n) is 2.15. The second kappa shape index (κ2) is 5.61. The third-order valence-corrected chi connectivity index (χ3v) is 3.00. The molecule has 7 heteroatoms. The Hall–Kier alpha value is -0.650. The second-order valence-corrected chi connectivity index (χ2v) is 4.74. The van der Waals surface area contributed by atoms with Crippen molar-refractivity contribution in [2.24, 2.45) is 11.7 Å². The van der Waals surface area contributed by atoms with Crippen LogP contribution in [0.4, 0.5) is 5.69 Å². The number of nitrogens with zero attached hydrogens (tertiary/aromatic N) is 3. The topological polar surface area (TPSA) is 55.0 Å². The molecule has 0 aliphatic rings. The Morgan fingerprint density at radius 2 is 2.19 bits per heavy atom. The zero-order valence-corrected chi connectivity index (χ0v) is 11.3. The lowest BCUT2D eigenvalue weighted by atomic mass is 10.1. The molecule has 1 rings (SSSR count). The number of hydrogen-bond acceptors (Lipinski definition) is 4. The minimum absolute atomic E-state index is 0.0861. The van der Waals surface area contributed by atoms with Crippen molar-refractivity contribution in [3.8, 4) is 0 Å². The van der Waals surface area contributed by atoms with Gasteiger partial charge in [0.05, 0.1) is 10.7 Å². The maximum Gasteiger partial charge on any atom is 0.175 e. The van der Waals surface area contributed by atoms with Crippen molar-refractivity contribution in [1.29, 1.82) is 0 Å². The Balaban J connectivity index is 2.83. The maximum atomic E-state index is 5.92. The van der Waals surface area contributed by atoms with E-state index in [1.165, 1.54) is 0 Å². The Bertz CT molecular complexity index is 399. The van der Waals surface area contributed by atoms with Crippen molar-refractivity contribution >= 4 is 46.1 Å². The first-order valence-electron chi connectivity index (χ1n) is 4.61. The summed E-state index contributed by atoms with van der Waals surface area (Å²) in [6.45, 7) is 2.60. The van der Waals surface area contributed by atoms with E-state index in [2.05, 4.69) is 10.2 Å². The molecule has 0 aliphatic heterocycles. The molecule has 0 saturated carbocycles. The van der Waals surface area contributed by atoms with Crippen molar-refractivity contribution in [3.05, 3.63) is 16.4 Å². The molecular weight excluding hydrogens is 267 g/mol. The van der Waals surface area contributed by atoms with Crippen LogP contribution in [0.2, 0.25) is 10.3 Å². The SMILES string of the molecule is CC(CN(C)c1cc(Cl)nnc1Cl)C(N)=S. The van der Waals surface area contributed by atoms with Gasteiger partial charge in [-0.3, -0.25) is 0 Å². The van der Waals surface area contributed by atoms with Crippen LogP contribution in [0.5, 0.6) is 0 Å². The molecule has 0 spiro atoms. The van der Waals surface area contributed by atoms with Gasteiger partial charge in [-0.2, -0.15) is 0 Å². The molecule has 0 radical (unpaired) electrons. The van der Waals surface area contributed by atoms with E-state index in [0.717, 1.165) is 0 Å². The van der Waals surface area contributed by atoms with Crippen LogP contribution in [0, 0.1) is 5.92 Å². The van der Waals surface area contributed by atoms with Gasteiger partial charge in [0.2, 0.25) is 0 Å². The first-order valence-corrected chi connectivity index (χ1v) is 5.77. The van der Waals surface area contributed by atoms with Crippen molar-refractivity contribution in [2.45, 2.75) is 6.92 Å². The number of rotatable bonds is 4. The van der Waals surface area contributed by atoms with Crippen LogP contribution in [-0.2, 0) is 0 Å². The van der Waals surface area contributed by atoms with Crippen molar-refractivity contribution < 1.29 is 0 Å². The van der Waals surface area contributed by atoms with Gasteiger partial charge in [-0.25, -0.2) is 0 Å². The van der Waals surface area contributed by atoms with Crippen LogP contribution in [0.1, 0.15) is 6.92 Å². The highest BCUT2D eigenvalue weighted by Crippen LogP contribution is 2.24. The van der Waals surface area contributed by atoms with E-state index in [1.807, 2.05) is 18.9 Å². The average molecular weight is 279 g/mol. The van der Waals surface area contributed by atoms with Crippen LogP contribution >= 0.6 is 35.4 Å². The fourth-order valence-electron chi connectivity index (χ4n) is 1.21. The van der Waals surface area contributed by atoms with Crippen LogP contribution in [0.25, 0.3) is 0 Å². The highest BCUT2D eigenvalue weighted by molar-refractivity contribution is 7.80. The fraction of sp³-hybridized carbons (Fsp3) is 0.444. The molecule has 0 aromatic carbocycles. The quantitative estimate of drug-likeness (QED) is 0.856. The van der Waals surface area contributed by atoms with Gasteiger partial charge in [0.1, 0.15) is 0 Å². The van der Waals surface area contributed by atoms with E-state index in [-0.39, 0.29) is 5.92 Å². The summed E-state index contributed by atoms with van der Waals surface area (Å²) in [5.41, 5.74) is 6.26. The highest BCUT2D eigenvalue weighted by atomic mass is 35.5. The molecule has 1 unspecified atom stereocenters. The summed E-state index contributed by atoms with van der Waals surface area (Å²) in [6, 6.07) is 1.66. The first kappa shape index (κ1) is 13.4. The van der Waals surface area contributed by atoms with E-state index >= 15 is 0 Å². The molecule has 4 nitrogen and oxygen atoms in total. The molecule has 1 aromatic rings. The highest BCUT2D eigenvalue weighted by Gasteiger charge is 2.13. The lowest BCUT2D eigenvalue weighted by Gasteiger charge is -2.23. The predicted molar refractivity (Wildman–Crippen MR) is 71.3 cm³/mol. The second-order valence-electron chi connectivity index (χ2n) is 3.53. The van der Waals surface area contributed by atoms with Gasteiger partial charge in [0, 0.05) is 25.6 Å². The predicted octanol–water partition coefficient (Wildman–Crippen LogP) is 2.14. The Kier molecular flexibility index (Phi) is 4.70. The molecule has 0 amide bonds. The number of nitrogens with two attached hydrogens (primary N) is 1. The summed E-state index contributed by atoms with van der Waals surface area (Å²) >= 11 is 16.6. The number of anilines is 1. The van der Waals surface area contributed by atoms with Gasteiger partial charge in [0.15, 0.2) is 10.3 Å². The monoisotopic (exact) mass is 278 g/mol. The van der Waals surface area contributed by atoms with Gasteiger partial charge in [0.25, 0.3) is 0 Å². The third kappa shape index (κ3) is 3.43. The molecule has 0 bridgehead atoms. The molecule has 2 N–H and O–H groups in total. The Labute approximate surface area is 110 Å². The minimum Gasteiger partial charge on any atom is -0.393 e. The minimum atomic E-state index is 0.0861. The summed E-state index contributed by atoms with van der Waals surface area (Å²) in [7, 11) is 1.87. The maximum absolute atomic E-state index is 5.92. The standard InChI is InChI=1S/C9H12Cl2N4S/c1-5(9(12)16)4-15(2)6-3-7(10)13-14-8(6)11/h3,5H,4H2,1-2H3,(H2,12,16). The average Bonchev–Trinajstić information content (AvgIpc) is 2.21. The van der Waals surface area contributed by atoms with Gasteiger partial charge in [-0.15, -0.1) is 10.2 Å². The summed E-state index contributed by atoms with van der Waals surface area (Å²) in [5.74, 6) is 0.0861. The number of halogens is 2. The number of thiocarbonyl (C=S) groups is 1. The Morgan fingerprint density at radius 3 is 2.75 bits per heavy atom. The summed E-state index contributed by atoms with van der Waals surface area (Å²) in [4.78, 5) is 2.36. The first-order chi connectivity index (χ1) is 7.41. The van der Waals surface area contributed by atoms with Gasteiger partial charge in [-0.05, 0) is 0 Å². The number of hydrogen-bond donors (Lipinski definition) is 1. The van der Waals surface area contributed by atoms with Gasteiger partial charge < -0.3 is 10.6 Å². The molecule has 88 valence electrons. The molecule has 1 heterocycles. The van der Waals surface area contributed by atoms with Crippen molar-refractivity contribution in [2.75, 3.05) is 18.5 Å². The van der Waals surface area contributed by atoms with Crippen molar-refractivity contribution in [3.63, 3.8) is 0 Å². The molecule has 16 heavy (non-hydrogen) atoms. The van der Waals surface area contributed by atoms with Crippen LogP contribution < -0.4 is 10.6 Å². The molecule has 0 fully saturated rings. The number of aromatic nitrogens is 2. The van der Waals surface area contributed by atoms with Crippen LogP contribution in [0.15, 0.2) is 6.07 Å².